The largest absolute Gasteiger partial charge is 0.462 e. The normalized spacial score (nSPS) is 19.9. The Balaban J connectivity index is 2.32. The van der Waals surface area contributed by atoms with Crippen LogP contribution in [0.1, 0.15) is 34.8 Å². The molecule has 20 heavy (non-hydrogen) atoms. The van der Waals surface area contributed by atoms with E-state index in [2.05, 4.69) is 21.9 Å². The Labute approximate surface area is 123 Å². The lowest BCUT2D eigenvalue weighted by Crippen LogP contribution is -2.34. The number of ether oxygens (including phenoxy) is 1. The van der Waals surface area contributed by atoms with Crippen LogP contribution in [0.5, 0.6) is 0 Å². The van der Waals surface area contributed by atoms with E-state index in [1.165, 1.54) is 0 Å². The smallest absolute Gasteiger partial charge is 0.343 e. The van der Waals surface area contributed by atoms with E-state index in [0.29, 0.717) is 18.1 Å². The summed E-state index contributed by atoms with van der Waals surface area (Å²) in [5.41, 5.74) is 6.79. The van der Waals surface area contributed by atoms with Gasteiger partial charge in [0.05, 0.1) is 18.3 Å². The van der Waals surface area contributed by atoms with Crippen molar-refractivity contribution in [1.82, 2.24) is 14.9 Å². The fraction of sp³-hybridized carbons (Fsp3) is 0.615. The van der Waals surface area contributed by atoms with Gasteiger partial charge in [-0.2, -0.15) is 11.8 Å². The lowest BCUT2D eigenvalue weighted by atomic mass is 10.2. The lowest BCUT2D eigenvalue weighted by molar-refractivity contribution is 0.0525. The number of carbonyl (C=O) groups is 1. The van der Waals surface area contributed by atoms with Gasteiger partial charge in [-0.25, -0.2) is 14.8 Å². The van der Waals surface area contributed by atoms with E-state index in [9.17, 15) is 4.79 Å². The number of hydrogen-bond donors (Lipinski definition) is 1. The van der Waals surface area contributed by atoms with Gasteiger partial charge in [0.15, 0.2) is 0 Å². The number of hydrogen-bond acceptors (Lipinski definition) is 7. The highest BCUT2D eigenvalue weighted by atomic mass is 32.2. The van der Waals surface area contributed by atoms with Gasteiger partial charge in [0.1, 0.15) is 17.2 Å². The van der Waals surface area contributed by atoms with Gasteiger partial charge in [-0.15, -0.1) is 0 Å². The summed E-state index contributed by atoms with van der Waals surface area (Å²) in [6.45, 7) is 4.83. The van der Waals surface area contributed by atoms with Crippen molar-refractivity contribution in [2.75, 3.05) is 37.4 Å². The molecule has 0 amide bonds. The first-order valence-electron chi connectivity index (χ1n) is 6.63. The summed E-state index contributed by atoms with van der Waals surface area (Å²) in [6.07, 6.45) is 0. The Kier molecular flexibility index (Phi) is 4.82. The molecule has 2 N–H and O–H groups in total. The summed E-state index contributed by atoms with van der Waals surface area (Å²) < 4.78 is 4.98. The van der Waals surface area contributed by atoms with Crippen LogP contribution in [0.25, 0.3) is 0 Å². The van der Waals surface area contributed by atoms with E-state index in [-0.39, 0.29) is 17.4 Å². The molecule has 1 aliphatic heterocycles. The number of thioether (sulfide) groups is 1. The first-order chi connectivity index (χ1) is 9.54. The van der Waals surface area contributed by atoms with Crippen LogP contribution in [0, 0.1) is 6.92 Å². The molecule has 0 saturated carbocycles. The molecule has 1 unspecified atom stereocenters. The van der Waals surface area contributed by atoms with E-state index in [1.54, 1.807) is 13.8 Å². The van der Waals surface area contributed by atoms with E-state index in [0.717, 1.165) is 18.1 Å². The second-order valence-electron chi connectivity index (χ2n) is 4.72. The summed E-state index contributed by atoms with van der Waals surface area (Å²) in [4.78, 5) is 22.8. The minimum atomic E-state index is -0.458. The molecular weight excluding hydrogens is 276 g/mol. The van der Waals surface area contributed by atoms with Crippen molar-refractivity contribution in [2.24, 2.45) is 0 Å². The topological polar surface area (TPSA) is 81.3 Å². The zero-order valence-electron chi connectivity index (χ0n) is 12.0. The molecule has 1 atom stereocenters. The highest BCUT2D eigenvalue weighted by Crippen LogP contribution is 2.27. The number of aryl methyl sites for hydroxylation is 1. The molecule has 2 heterocycles. The van der Waals surface area contributed by atoms with Crippen molar-refractivity contribution in [3.05, 3.63) is 17.1 Å². The highest BCUT2D eigenvalue weighted by Gasteiger charge is 2.26. The molecule has 2 rings (SSSR count). The summed E-state index contributed by atoms with van der Waals surface area (Å²) in [7, 11) is 2.05. The molecule has 1 fully saturated rings. The van der Waals surface area contributed by atoms with Gasteiger partial charge in [0, 0.05) is 18.1 Å². The molecule has 0 radical (unpaired) electrons. The minimum absolute atomic E-state index is 0.144. The average Bonchev–Trinajstić information content (AvgIpc) is 2.38. The maximum atomic E-state index is 11.8. The van der Waals surface area contributed by atoms with Crippen LogP contribution in [0.15, 0.2) is 0 Å². The minimum Gasteiger partial charge on any atom is -0.462 e. The van der Waals surface area contributed by atoms with Gasteiger partial charge in [0.25, 0.3) is 0 Å². The van der Waals surface area contributed by atoms with Gasteiger partial charge in [-0.1, -0.05) is 0 Å². The molecule has 0 spiro atoms. The number of aromatic nitrogens is 2. The van der Waals surface area contributed by atoms with E-state index in [4.69, 9.17) is 10.5 Å². The third-order valence-electron chi connectivity index (χ3n) is 3.31. The Bertz CT molecular complexity index is 486. The Morgan fingerprint density at radius 3 is 2.90 bits per heavy atom. The molecule has 110 valence electrons. The fourth-order valence-electron chi connectivity index (χ4n) is 2.18. The van der Waals surface area contributed by atoms with E-state index >= 15 is 0 Å². The van der Waals surface area contributed by atoms with Crippen LogP contribution in [-0.2, 0) is 4.74 Å². The molecular formula is C13H20N4O2S. The quantitative estimate of drug-likeness (QED) is 0.841. The third kappa shape index (κ3) is 3.04. The Morgan fingerprint density at radius 1 is 1.55 bits per heavy atom. The highest BCUT2D eigenvalue weighted by molar-refractivity contribution is 7.99. The maximum Gasteiger partial charge on any atom is 0.343 e. The van der Waals surface area contributed by atoms with Crippen molar-refractivity contribution in [1.29, 1.82) is 0 Å². The first-order valence-corrected chi connectivity index (χ1v) is 7.79. The van der Waals surface area contributed by atoms with Crippen molar-refractivity contribution < 1.29 is 9.53 Å². The monoisotopic (exact) mass is 296 g/mol. The number of nitrogens with zero attached hydrogens (tertiary/aromatic N) is 3. The van der Waals surface area contributed by atoms with Gasteiger partial charge in [-0.3, -0.25) is 4.90 Å². The van der Waals surface area contributed by atoms with E-state index in [1.807, 2.05) is 11.8 Å². The van der Waals surface area contributed by atoms with Crippen LogP contribution >= 0.6 is 11.8 Å². The summed E-state index contributed by atoms with van der Waals surface area (Å²) in [6, 6.07) is 0.144. The van der Waals surface area contributed by atoms with Gasteiger partial charge >= 0.3 is 5.97 Å². The van der Waals surface area contributed by atoms with E-state index < -0.39 is 5.97 Å². The zero-order valence-corrected chi connectivity index (χ0v) is 12.9. The molecule has 1 aliphatic rings. The Hall–Kier alpha value is -1.34. The van der Waals surface area contributed by atoms with Gasteiger partial charge < -0.3 is 10.5 Å². The van der Waals surface area contributed by atoms with Crippen LogP contribution in [-0.4, -0.2) is 52.5 Å². The predicted molar refractivity (Wildman–Crippen MR) is 79.8 cm³/mol. The van der Waals surface area contributed by atoms with Gasteiger partial charge in [-0.05, 0) is 20.9 Å². The molecule has 0 bridgehead atoms. The van der Waals surface area contributed by atoms with Crippen molar-refractivity contribution in [3.63, 3.8) is 0 Å². The van der Waals surface area contributed by atoms with Crippen LogP contribution in [0.4, 0.5) is 5.82 Å². The molecule has 6 nitrogen and oxygen atoms in total. The van der Waals surface area contributed by atoms with Crippen molar-refractivity contribution >= 4 is 23.5 Å². The molecule has 1 saturated heterocycles. The number of nitrogens with two attached hydrogens (primary N) is 1. The maximum absolute atomic E-state index is 11.8. The van der Waals surface area contributed by atoms with Crippen LogP contribution < -0.4 is 5.73 Å². The average molecular weight is 296 g/mol. The van der Waals surface area contributed by atoms with Crippen molar-refractivity contribution in [3.8, 4) is 0 Å². The number of carbonyl (C=O) groups excluding carboxylic acids is 1. The fourth-order valence-corrected chi connectivity index (χ4v) is 3.39. The molecule has 0 aromatic carbocycles. The summed E-state index contributed by atoms with van der Waals surface area (Å²) in [5, 5.41) is 0. The number of nitrogen functional groups attached to an aromatic ring is 1. The number of esters is 1. The summed E-state index contributed by atoms with van der Waals surface area (Å²) in [5.74, 6) is 2.48. The standard InChI is InChI=1S/C13H20N4O2S/c1-4-19-13(18)10-8(2)15-12(16-11(10)14)9-7-20-6-5-17(9)3/h9H,4-7H2,1-3H3,(H2,14,15,16). The SMILES string of the molecule is CCOC(=O)c1c(C)nc(C2CSCCN2C)nc1N. The zero-order chi connectivity index (χ0) is 14.7. The lowest BCUT2D eigenvalue weighted by Gasteiger charge is -2.31. The van der Waals surface area contributed by atoms with Gasteiger partial charge in [0.2, 0.25) is 0 Å². The second-order valence-corrected chi connectivity index (χ2v) is 5.87. The predicted octanol–water partition coefficient (Wildman–Crippen LogP) is 1.26. The number of anilines is 1. The first kappa shape index (κ1) is 15.1. The van der Waals surface area contributed by atoms with Crippen LogP contribution in [0.3, 0.4) is 0 Å². The van der Waals surface area contributed by atoms with Crippen molar-refractivity contribution in [2.45, 2.75) is 19.9 Å². The molecule has 1 aromatic rings. The number of rotatable bonds is 3. The summed E-state index contributed by atoms with van der Waals surface area (Å²) >= 11 is 1.88. The second kappa shape index (κ2) is 6.41. The third-order valence-corrected chi connectivity index (χ3v) is 4.33. The molecule has 0 aliphatic carbocycles. The molecule has 7 heteroatoms. The Morgan fingerprint density at radius 2 is 2.30 bits per heavy atom. The molecule has 1 aromatic heterocycles. The van der Waals surface area contributed by atoms with Crippen LogP contribution in [0.2, 0.25) is 0 Å².